The summed E-state index contributed by atoms with van der Waals surface area (Å²) >= 11 is 0. The summed E-state index contributed by atoms with van der Waals surface area (Å²) in [6.07, 6.45) is -1.74. The molecule has 0 bridgehead atoms. The molecular formula is C17H15F3N4O3. The van der Waals surface area contributed by atoms with Crippen LogP contribution in [0.4, 0.5) is 19.1 Å². The van der Waals surface area contributed by atoms with E-state index in [1.807, 2.05) is 6.19 Å². The molecule has 27 heavy (non-hydrogen) atoms. The second-order valence-electron chi connectivity index (χ2n) is 6.11. The summed E-state index contributed by atoms with van der Waals surface area (Å²) in [6.45, 7) is 1.18. The maximum Gasteiger partial charge on any atom is 0.573 e. The smallest absolute Gasteiger partial charge is 0.406 e. The predicted octanol–water partition coefficient (Wildman–Crippen LogP) is 3.37. The van der Waals surface area contributed by atoms with Gasteiger partial charge >= 0.3 is 6.36 Å². The Kier molecular flexibility index (Phi) is 5.21. The maximum absolute atomic E-state index is 12.3. The summed E-state index contributed by atoms with van der Waals surface area (Å²) in [5, 5.41) is 15.1. The third-order valence-electron chi connectivity index (χ3n) is 4.04. The monoisotopic (exact) mass is 380 g/mol. The number of hydrogen-bond acceptors (Lipinski definition) is 6. The molecule has 1 amide bonds. The van der Waals surface area contributed by atoms with Gasteiger partial charge in [0, 0.05) is 31.1 Å². The molecule has 2 heterocycles. The van der Waals surface area contributed by atoms with E-state index in [0.717, 1.165) is 6.42 Å². The highest BCUT2D eigenvalue weighted by molar-refractivity contribution is 5.90. The minimum Gasteiger partial charge on any atom is -0.406 e. The van der Waals surface area contributed by atoms with Crippen LogP contribution in [-0.2, 0) is 4.79 Å². The predicted molar refractivity (Wildman–Crippen MR) is 87.2 cm³/mol. The van der Waals surface area contributed by atoms with E-state index >= 15 is 0 Å². The summed E-state index contributed by atoms with van der Waals surface area (Å²) in [4.78, 5) is 13.7. The number of rotatable bonds is 5. The summed E-state index contributed by atoms with van der Waals surface area (Å²) in [6, 6.07) is 6.70. The molecule has 0 aliphatic carbocycles. The Bertz CT molecular complexity index is 860. The van der Waals surface area contributed by atoms with Crippen LogP contribution >= 0.6 is 0 Å². The quantitative estimate of drug-likeness (QED) is 0.800. The van der Waals surface area contributed by atoms with Crippen molar-refractivity contribution in [3.63, 3.8) is 0 Å². The van der Waals surface area contributed by atoms with Crippen molar-refractivity contribution in [1.29, 1.82) is 5.26 Å². The average Bonchev–Trinajstić information content (AvgIpc) is 3.23. The minimum atomic E-state index is -4.79. The number of amides is 1. The van der Waals surface area contributed by atoms with Gasteiger partial charge in [-0.3, -0.25) is 10.1 Å². The first-order chi connectivity index (χ1) is 12.8. The van der Waals surface area contributed by atoms with Crippen molar-refractivity contribution in [3.05, 3.63) is 30.3 Å². The lowest BCUT2D eigenvalue weighted by molar-refractivity contribution is -0.274. The number of alkyl halides is 3. The van der Waals surface area contributed by atoms with Gasteiger partial charge in [-0.05, 0) is 24.5 Å². The number of halogens is 3. The largest absolute Gasteiger partial charge is 0.573 e. The number of ether oxygens (including phenoxy) is 1. The zero-order valence-corrected chi connectivity index (χ0v) is 14.0. The van der Waals surface area contributed by atoms with Crippen molar-refractivity contribution < 1.29 is 27.2 Å². The first-order valence-corrected chi connectivity index (χ1v) is 8.10. The molecule has 10 heteroatoms. The number of likely N-dealkylation sites (tertiary alicyclic amines) is 1. The fraction of sp³-hybridized carbons (Fsp3) is 0.353. The topological polar surface area (TPSA) is 91.4 Å². The number of nitriles is 1. The normalized spacial score (nSPS) is 16.8. The first kappa shape index (κ1) is 18.6. The summed E-state index contributed by atoms with van der Waals surface area (Å²) in [5.74, 6) is -0.482. The average molecular weight is 380 g/mol. The Labute approximate surface area is 152 Å². The molecule has 1 saturated heterocycles. The molecule has 1 aromatic carbocycles. The SMILES string of the molecule is N#CN1CCC(CC(=O)Nc2cc(-c3cccc(OC(F)(F)F)c3)no2)C1. The van der Waals surface area contributed by atoms with Crippen LogP contribution in [0.1, 0.15) is 12.8 Å². The molecule has 1 N–H and O–H groups in total. The number of carbonyl (C=O) groups excluding carboxylic acids is 1. The van der Waals surface area contributed by atoms with Crippen LogP contribution in [0.2, 0.25) is 0 Å². The number of hydrogen-bond donors (Lipinski definition) is 1. The Morgan fingerprint density at radius 3 is 2.96 bits per heavy atom. The lowest BCUT2D eigenvalue weighted by atomic mass is 10.0. The third kappa shape index (κ3) is 5.13. The molecule has 3 rings (SSSR count). The molecular weight excluding hydrogens is 365 g/mol. The fourth-order valence-electron chi connectivity index (χ4n) is 2.86. The van der Waals surface area contributed by atoms with Crippen LogP contribution in [0.15, 0.2) is 34.9 Å². The first-order valence-electron chi connectivity index (χ1n) is 8.10. The molecule has 1 aliphatic heterocycles. The van der Waals surface area contributed by atoms with Crippen molar-refractivity contribution in [1.82, 2.24) is 10.1 Å². The number of aromatic nitrogens is 1. The molecule has 1 unspecified atom stereocenters. The summed E-state index contributed by atoms with van der Waals surface area (Å²) in [7, 11) is 0. The molecule has 7 nitrogen and oxygen atoms in total. The number of nitrogens with one attached hydrogen (secondary N) is 1. The Balaban J connectivity index is 1.61. The molecule has 0 radical (unpaired) electrons. The van der Waals surface area contributed by atoms with Crippen molar-refractivity contribution in [2.45, 2.75) is 19.2 Å². The van der Waals surface area contributed by atoms with Gasteiger partial charge in [0.1, 0.15) is 11.4 Å². The number of carbonyl (C=O) groups is 1. The van der Waals surface area contributed by atoms with Crippen molar-refractivity contribution >= 4 is 11.8 Å². The highest BCUT2D eigenvalue weighted by Crippen LogP contribution is 2.29. The van der Waals surface area contributed by atoms with Gasteiger partial charge in [-0.15, -0.1) is 13.2 Å². The van der Waals surface area contributed by atoms with Crippen LogP contribution in [-0.4, -0.2) is 35.4 Å². The fourth-order valence-corrected chi connectivity index (χ4v) is 2.86. The van der Waals surface area contributed by atoms with E-state index in [1.165, 1.54) is 24.3 Å². The van der Waals surface area contributed by atoms with Gasteiger partial charge in [-0.25, -0.2) is 0 Å². The van der Waals surface area contributed by atoms with Crippen LogP contribution in [0.25, 0.3) is 11.3 Å². The lowest BCUT2D eigenvalue weighted by Gasteiger charge is -2.09. The number of benzene rings is 1. The van der Waals surface area contributed by atoms with Gasteiger partial charge in [-0.2, -0.15) is 5.26 Å². The van der Waals surface area contributed by atoms with Gasteiger partial charge in [0.05, 0.1) is 0 Å². The standard InChI is InChI=1S/C17H15F3N4O3/c18-17(19,20)26-13-3-1-2-12(7-13)14-8-16(27-23-14)22-15(25)6-11-4-5-24(9-11)10-21/h1-3,7-8,11H,4-6,9H2,(H,22,25). The van der Waals surface area contributed by atoms with Gasteiger partial charge < -0.3 is 14.2 Å². The third-order valence-corrected chi connectivity index (χ3v) is 4.04. The van der Waals surface area contributed by atoms with Gasteiger partial charge in [0.2, 0.25) is 11.8 Å². The van der Waals surface area contributed by atoms with E-state index in [2.05, 4.69) is 15.2 Å². The van der Waals surface area contributed by atoms with E-state index in [1.54, 1.807) is 11.0 Å². The van der Waals surface area contributed by atoms with E-state index < -0.39 is 6.36 Å². The molecule has 0 saturated carbocycles. The van der Waals surface area contributed by atoms with Crippen molar-refractivity contribution in [2.75, 3.05) is 18.4 Å². The molecule has 1 fully saturated rings. The zero-order valence-electron chi connectivity index (χ0n) is 14.0. The van der Waals surface area contributed by atoms with E-state index in [4.69, 9.17) is 9.78 Å². The molecule has 1 aromatic heterocycles. The second-order valence-corrected chi connectivity index (χ2v) is 6.11. The maximum atomic E-state index is 12.3. The summed E-state index contributed by atoms with van der Waals surface area (Å²) < 4.78 is 45.8. The van der Waals surface area contributed by atoms with Crippen molar-refractivity contribution in [2.24, 2.45) is 5.92 Å². The number of nitrogens with zero attached hydrogens (tertiary/aromatic N) is 3. The molecule has 0 spiro atoms. The van der Waals surface area contributed by atoms with Gasteiger partial charge in [0.25, 0.3) is 0 Å². The lowest BCUT2D eigenvalue weighted by Crippen LogP contribution is -2.19. The van der Waals surface area contributed by atoms with Gasteiger partial charge in [0.15, 0.2) is 6.19 Å². The molecule has 1 atom stereocenters. The van der Waals surface area contributed by atoms with E-state index in [-0.39, 0.29) is 35.6 Å². The van der Waals surface area contributed by atoms with Crippen molar-refractivity contribution in [3.8, 4) is 23.2 Å². The van der Waals surface area contributed by atoms with Crippen LogP contribution in [0.3, 0.4) is 0 Å². The molecule has 1 aliphatic rings. The Morgan fingerprint density at radius 2 is 2.26 bits per heavy atom. The highest BCUT2D eigenvalue weighted by Gasteiger charge is 2.31. The zero-order chi connectivity index (χ0) is 19.4. The molecule has 2 aromatic rings. The Morgan fingerprint density at radius 1 is 1.44 bits per heavy atom. The minimum absolute atomic E-state index is 0.0863. The highest BCUT2D eigenvalue weighted by atomic mass is 19.4. The van der Waals surface area contributed by atoms with Crippen LogP contribution < -0.4 is 10.1 Å². The number of anilines is 1. The van der Waals surface area contributed by atoms with Gasteiger partial charge in [-0.1, -0.05) is 17.3 Å². The summed E-state index contributed by atoms with van der Waals surface area (Å²) in [5.41, 5.74) is 0.607. The van der Waals surface area contributed by atoms with Crippen LogP contribution in [0.5, 0.6) is 5.75 Å². The Hall–Kier alpha value is -3.22. The second kappa shape index (κ2) is 7.57. The van der Waals surface area contributed by atoms with E-state index in [9.17, 15) is 18.0 Å². The van der Waals surface area contributed by atoms with E-state index in [0.29, 0.717) is 18.7 Å². The molecule has 142 valence electrons. The van der Waals surface area contributed by atoms with Crippen LogP contribution in [0, 0.1) is 17.4 Å².